The van der Waals surface area contributed by atoms with Crippen molar-refractivity contribution >= 4 is 32.8 Å². The van der Waals surface area contributed by atoms with Crippen LogP contribution in [0, 0.1) is 5.92 Å². The van der Waals surface area contributed by atoms with Crippen molar-refractivity contribution in [2.75, 3.05) is 0 Å². The molecule has 2 N–H and O–H groups in total. The minimum Gasteiger partial charge on any atom is -0.460 e. The molecule has 8 nitrogen and oxygen atoms in total. The van der Waals surface area contributed by atoms with Gasteiger partial charge in [0.1, 0.15) is 5.60 Å². The zero-order valence-corrected chi connectivity index (χ0v) is 26.6. The maximum absolute atomic E-state index is 13.4. The molecule has 3 aromatic carbocycles. The third-order valence-electron chi connectivity index (χ3n) is 8.12. The third kappa shape index (κ3) is 7.57. The van der Waals surface area contributed by atoms with Crippen molar-refractivity contribution in [2.24, 2.45) is 13.0 Å². The van der Waals surface area contributed by atoms with E-state index >= 15 is 0 Å². The predicted molar refractivity (Wildman–Crippen MR) is 172 cm³/mol. The normalized spacial score (nSPS) is 18.1. The number of benzene rings is 3. The fourth-order valence-corrected chi connectivity index (χ4v) is 7.26. The summed E-state index contributed by atoms with van der Waals surface area (Å²) in [5.74, 6) is -0.778. The molecule has 232 valence electrons. The molecule has 1 aliphatic carbocycles. The van der Waals surface area contributed by atoms with Crippen LogP contribution in [-0.4, -0.2) is 36.5 Å². The Hall–Kier alpha value is -3.95. The Kier molecular flexibility index (Phi) is 9.27. The van der Waals surface area contributed by atoms with Crippen molar-refractivity contribution in [1.82, 2.24) is 14.6 Å². The summed E-state index contributed by atoms with van der Waals surface area (Å²) in [6.07, 6.45) is 2.22. The molecule has 1 aliphatic rings. The van der Waals surface area contributed by atoms with Crippen LogP contribution in [0.1, 0.15) is 64.5 Å². The molecule has 0 radical (unpaired) electrons. The highest BCUT2D eigenvalue weighted by Crippen LogP contribution is 2.31. The number of aromatic nitrogens is 1. The van der Waals surface area contributed by atoms with Gasteiger partial charge in [-0.25, -0.2) is 13.1 Å². The molecule has 44 heavy (non-hydrogen) atoms. The van der Waals surface area contributed by atoms with Crippen LogP contribution in [0.15, 0.2) is 89.8 Å². The average Bonchev–Trinajstić information content (AvgIpc) is 3.32. The molecule has 1 atom stereocenters. The highest BCUT2D eigenvalue weighted by atomic mass is 32.2. The molecule has 0 spiro atoms. The maximum Gasteiger partial charge on any atom is 0.308 e. The fraction of sp³-hybridized carbons (Fsp3) is 0.371. The first kappa shape index (κ1) is 31.5. The molecule has 0 unspecified atom stereocenters. The summed E-state index contributed by atoms with van der Waals surface area (Å²) in [4.78, 5) is 26.1. The third-order valence-corrected chi connectivity index (χ3v) is 9.64. The monoisotopic (exact) mass is 615 g/mol. The van der Waals surface area contributed by atoms with Gasteiger partial charge in [0.2, 0.25) is 15.9 Å². The first-order chi connectivity index (χ1) is 20.9. The van der Waals surface area contributed by atoms with Gasteiger partial charge in [-0.2, -0.15) is 0 Å². The van der Waals surface area contributed by atoms with E-state index in [1.807, 2.05) is 101 Å². The summed E-state index contributed by atoms with van der Waals surface area (Å²) in [6, 6.07) is 25.9. The molecule has 4 aromatic rings. The number of carbonyl (C=O) groups excluding carboxylic acids is 2. The van der Waals surface area contributed by atoms with E-state index in [-0.39, 0.29) is 35.2 Å². The Morgan fingerprint density at radius 1 is 0.909 bits per heavy atom. The van der Waals surface area contributed by atoms with E-state index in [9.17, 15) is 18.0 Å². The van der Waals surface area contributed by atoms with Crippen molar-refractivity contribution in [3.63, 3.8) is 0 Å². The highest BCUT2D eigenvalue weighted by molar-refractivity contribution is 7.89. The van der Waals surface area contributed by atoms with Crippen molar-refractivity contribution in [1.29, 1.82) is 0 Å². The quantitative estimate of drug-likeness (QED) is 0.216. The summed E-state index contributed by atoms with van der Waals surface area (Å²) in [5, 5.41) is 3.92. The second kappa shape index (κ2) is 13.0. The second-order valence-corrected chi connectivity index (χ2v) is 14.3. The summed E-state index contributed by atoms with van der Waals surface area (Å²) in [5.41, 5.74) is 3.25. The van der Waals surface area contributed by atoms with Crippen molar-refractivity contribution in [2.45, 2.75) is 75.5 Å². The van der Waals surface area contributed by atoms with Gasteiger partial charge in [0.15, 0.2) is 0 Å². The number of sulfonamides is 1. The smallest absolute Gasteiger partial charge is 0.308 e. The molecular weight excluding hydrogens is 574 g/mol. The first-order valence-corrected chi connectivity index (χ1v) is 16.6. The largest absolute Gasteiger partial charge is 0.460 e. The number of fused-ring (bicyclic) bond motifs is 1. The number of carbonyl (C=O) groups is 2. The van der Waals surface area contributed by atoms with Crippen molar-refractivity contribution in [3.8, 4) is 11.3 Å². The lowest BCUT2D eigenvalue weighted by Crippen LogP contribution is -2.42. The van der Waals surface area contributed by atoms with E-state index < -0.39 is 21.7 Å². The number of amides is 1. The summed E-state index contributed by atoms with van der Waals surface area (Å²) < 4.78 is 37.2. The van der Waals surface area contributed by atoms with E-state index in [0.717, 1.165) is 27.7 Å². The second-order valence-electron chi connectivity index (χ2n) is 12.6. The standard InChI is InChI=1S/C35H41N3O5S/c1-35(2,3)43-33(39)23-30(24-11-7-5-8-12-24)36-34(40)26-15-17-28(18-16-26)37-44(41,42)29-19-20-31-27(21-29)22-32(38(31)4)25-13-9-6-10-14-25/h5-14,19-22,26,28,30,37H,15-18,23H2,1-4H3,(H,36,40)/t26?,28?,30-/m1/s1. The van der Waals surface area contributed by atoms with Gasteiger partial charge < -0.3 is 14.6 Å². The highest BCUT2D eigenvalue weighted by Gasteiger charge is 2.31. The van der Waals surface area contributed by atoms with Crippen LogP contribution in [-0.2, 0) is 31.4 Å². The molecular formula is C35H41N3O5S. The minimum absolute atomic E-state index is 0.0285. The summed E-state index contributed by atoms with van der Waals surface area (Å²) >= 11 is 0. The first-order valence-electron chi connectivity index (χ1n) is 15.1. The lowest BCUT2D eigenvalue weighted by Gasteiger charge is -2.30. The molecule has 0 saturated heterocycles. The summed E-state index contributed by atoms with van der Waals surface area (Å²) in [7, 11) is -1.77. The van der Waals surface area contributed by atoms with Crippen LogP contribution in [0.2, 0.25) is 0 Å². The van der Waals surface area contributed by atoms with Gasteiger partial charge in [0.25, 0.3) is 0 Å². The number of nitrogens with one attached hydrogen (secondary N) is 2. The Balaban J connectivity index is 1.21. The van der Waals surface area contributed by atoms with Gasteiger partial charge in [-0.1, -0.05) is 60.7 Å². The predicted octanol–water partition coefficient (Wildman–Crippen LogP) is 6.27. The molecule has 1 saturated carbocycles. The van der Waals surface area contributed by atoms with Gasteiger partial charge in [-0.3, -0.25) is 9.59 Å². The molecule has 1 amide bonds. The SMILES string of the molecule is Cn1c(-c2ccccc2)cc2cc(S(=O)(=O)NC3CCC(C(=O)N[C@H](CC(=O)OC(C)(C)C)c4ccccc4)CC3)ccc21. The molecule has 1 fully saturated rings. The van der Waals surface area contributed by atoms with Crippen LogP contribution in [0.3, 0.4) is 0 Å². The van der Waals surface area contributed by atoms with E-state index in [1.54, 1.807) is 12.1 Å². The molecule has 9 heteroatoms. The topological polar surface area (TPSA) is 107 Å². The van der Waals surface area contributed by atoms with E-state index in [4.69, 9.17) is 4.74 Å². The lowest BCUT2D eigenvalue weighted by atomic mass is 9.85. The van der Waals surface area contributed by atoms with Gasteiger partial charge in [-0.15, -0.1) is 0 Å². The van der Waals surface area contributed by atoms with Crippen LogP contribution in [0.4, 0.5) is 0 Å². The van der Waals surface area contributed by atoms with Gasteiger partial charge >= 0.3 is 5.97 Å². The van der Waals surface area contributed by atoms with Crippen LogP contribution >= 0.6 is 0 Å². The number of hydrogen-bond donors (Lipinski definition) is 2. The van der Waals surface area contributed by atoms with E-state index in [0.29, 0.717) is 25.7 Å². The number of hydrogen-bond acceptors (Lipinski definition) is 5. The van der Waals surface area contributed by atoms with Crippen LogP contribution in [0.5, 0.6) is 0 Å². The summed E-state index contributed by atoms with van der Waals surface area (Å²) in [6.45, 7) is 5.44. The van der Waals surface area contributed by atoms with Crippen molar-refractivity contribution < 1.29 is 22.7 Å². The number of rotatable bonds is 9. The lowest BCUT2D eigenvalue weighted by molar-refractivity contribution is -0.155. The number of ether oxygens (including phenoxy) is 1. The number of nitrogens with zero attached hydrogens (tertiary/aromatic N) is 1. The Morgan fingerprint density at radius 2 is 1.55 bits per heavy atom. The Morgan fingerprint density at radius 3 is 2.18 bits per heavy atom. The Bertz CT molecular complexity index is 1720. The Labute approximate surface area is 259 Å². The zero-order chi connectivity index (χ0) is 31.5. The molecule has 0 bridgehead atoms. The number of aryl methyl sites for hydroxylation is 1. The molecule has 5 rings (SSSR count). The van der Waals surface area contributed by atoms with Gasteiger partial charge in [0, 0.05) is 35.6 Å². The molecule has 0 aliphatic heterocycles. The number of esters is 1. The van der Waals surface area contributed by atoms with Gasteiger partial charge in [0.05, 0.1) is 17.4 Å². The molecule has 1 aromatic heterocycles. The van der Waals surface area contributed by atoms with E-state index in [2.05, 4.69) is 14.6 Å². The van der Waals surface area contributed by atoms with Crippen LogP contribution in [0.25, 0.3) is 22.2 Å². The minimum atomic E-state index is -3.75. The molecule has 1 heterocycles. The average molecular weight is 616 g/mol. The fourth-order valence-electron chi connectivity index (χ4n) is 5.92. The maximum atomic E-state index is 13.4. The zero-order valence-electron chi connectivity index (χ0n) is 25.7. The van der Waals surface area contributed by atoms with Crippen molar-refractivity contribution in [3.05, 3.63) is 90.5 Å². The van der Waals surface area contributed by atoms with Gasteiger partial charge in [-0.05, 0) is 81.8 Å². The van der Waals surface area contributed by atoms with Crippen LogP contribution < -0.4 is 10.0 Å². The van der Waals surface area contributed by atoms with E-state index in [1.165, 1.54) is 0 Å².